The minimum atomic E-state index is 0.620. The van der Waals surface area contributed by atoms with Gasteiger partial charge in [0.25, 0.3) is 0 Å². The van der Waals surface area contributed by atoms with Crippen LogP contribution in [0.15, 0.2) is 39.2 Å². The Morgan fingerprint density at radius 1 is 1.17 bits per heavy atom. The van der Waals surface area contributed by atoms with Crippen LogP contribution in [0, 0.1) is 0 Å². The maximum Gasteiger partial charge on any atom is 0.237 e. The first kappa shape index (κ1) is 16.9. The minimum Gasteiger partial charge on any atom is -0.360 e. The Kier molecular flexibility index (Phi) is 6.20. The molecule has 126 valence electrons. The van der Waals surface area contributed by atoms with E-state index in [1.165, 1.54) is 5.56 Å². The van der Waals surface area contributed by atoms with Crippen LogP contribution in [-0.4, -0.2) is 26.9 Å². The molecule has 0 fully saturated rings. The van der Waals surface area contributed by atoms with Crippen LogP contribution in [-0.2, 0) is 18.6 Å². The Labute approximate surface area is 149 Å². The lowest BCUT2D eigenvalue weighted by Gasteiger charge is -2.01. The first-order valence-electron chi connectivity index (χ1n) is 7.89. The molecule has 0 amide bonds. The van der Waals surface area contributed by atoms with E-state index in [2.05, 4.69) is 56.8 Å². The van der Waals surface area contributed by atoms with Crippen LogP contribution >= 0.6 is 23.1 Å². The Hall–Kier alpha value is -1.93. The molecule has 24 heavy (non-hydrogen) atoms. The van der Waals surface area contributed by atoms with Crippen molar-refractivity contribution in [1.82, 2.24) is 20.3 Å². The summed E-state index contributed by atoms with van der Waals surface area (Å²) in [5.74, 6) is 2.03. The molecule has 6 nitrogen and oxygen atoms in total. The molecule has 0 aliphatic carbocycles. The smallest absolute Gasteiger partial charge is 0.237 e. The summed E-state index contributed by atoms with van der Waals surface area (Å²) in [5.41, 5.74) is 1.31. The fourth-order valence-corrected chi connectivity index (χ4v) is 3.71. The summed E-state index contributed by atoms with van der Waals surface area (Å²) < 4.78 is 6.11. The standard InChI is InChI=1S/C16H19N5OS2/c1-2-6-13-18-14(22-21-13)11-23-16-20-19-15(24-16)17-10-9-12-7-4-3-5-8-12/h3-5,7-8H,2,6,9-11H2,1H3,(H,17,19). The molecule has 0 saturated heterocycles. The third-order valence-electron chi connectivity index (χ3n) is 3.24. The van der Waals surface area contributed by atoms with Gasteiger partial charge in [0.15, 0.2) is 10.2 Å². The van der Waals surface area contributed by atoms with E-state index in [0.29, 0.717) is 11.6 Å². The molecule has 8 heteroatoms. The number of aryl methyl sites for hydroxylation is 1. The second-order valence-corrected chi connectivity index (χ2v) is 7.38. The van der Waals surface area contributed by atoms with Crippen molar-refractivity contribution in [1.29, 1.82) is 0 Å². The van der Waals surface area contributed by atoms with Crippen LogP contribution < -0.4 is 5.32 Å². The summed E-state index contributed by atoms with van der Waals surface area (Å²) in [4.78, 5) is 4.35. The second kappa shape index (κ2) is 8.79. The fourth-order valence-electron chi connectivity index (χ4n) is 2.10. The lowest BCUT2D eigenvalue weighted by molar-refractivity contribution is 0.384. The largest absolute Gasteiger partial charge is 0.360 e. The molecule has 2 heterocycles. The van der Waals surface area contributed by atoms with Crippen LogP contribution in [0.3, 0.4) is 0 Å². The Morgan fingerprint density at radius 3 is 2.88 bits per heavy atom. The van der Waals surface area contributed by atoms with Crippen molar-refractivity contribution in [3.8, 4) is 0 Å². The van der Waals surface area contributed by atoms with E-state index in [1.807, 2.05) is 6.07 Å². The maximum atomic E-state index is 5.22. The van der Waals surface area contributed by atoms with E-state index < -0.39 is 0 Å². The lowest BCUT2D eigenvalue weighted by Crippen LogP contribution is -2.04. The minimum absolute atomic E-state index is 0.620. The van der Waals surface area contributed by atoms with E-state index in [0.717, 1.165) is 41.1 Å². The number of rotatable bonds is 9. The predicted molar refractivity (Wildman–Crippen MR) is 96.4 cm³/mol. The molecule has 0 spiro atoms. The molecule has 1 aromatic carbocycles. The van der Waals surface area contributed by atoms with Crippen LogP contribution in [0.25, 0.3) is 0 Å². The van der Waals surface area contributed by atoms with E-state index in [-0.39, 0.29) is 0 Å². The number of hydrogen-bond donors (Lipinski definition) is 1. The van der Waals surface area contributed by atoms with Gasteiger partial charge in [-0.25, -0.2) is 0 Å². The molecule has 3 rings (SSSR count). The molecular formula is C16H19N5OS2. The summed E-state index contributed by atoms with van der Waals surface area (Å²) in [5, 5.41) is 16.4. The highest BCUT2D eigenvalue weighted by Gasteiger charge is 2.09. The van der Waals surface area contributed by atoms with Gasteiger partial charge in [0.1, 0.15) is 0 Å². The van der Waals surface area contributed by atoms with E-state index in [9.17, 15) is 0 Å². The number of hydrogen-bond acceptors (Lipinski definition) is 8. The van der Waals surface area contributed by atoms with Crippen LogP contribution in [0.1, 0.15) is 30.6 Å². The predicted octanol–water partition coefficient (Wildman–Crippen LogP) is 3.82. The first-order chi connectivity index (χ1) is 11.8. The third-order valence-corrected chi connectivity index (χ3v) is 5.24. The van der Waals surface area contributed by atoms with Crippen LogP contribution in [0.4, 0.5) is 5.13 Å². The van der Waals surface area contributed by atoms with Gasteiger partial charge in [0, 0.05) is 13.0 Å². The van der Waals surface area contributed by atoms with Gasteiger partial charge >= 0.3 is 0 Å². The van der Waals surface area contributed by atoms with Crippen molar-refractivity contribution < 1.29 is 4.52 Å². The van der Waals surface area contributed by atoms with E-state index >= 15 is 0 Å². The molecule has 3 aromatic rings. The number of nitrogens with one attached hydrogen (secondary N) is 1. The van der Waals surface area contributed by atoms with Crippen LogP contribution in [0.5, 0.6) is 0 Å². The average molecular weight is 361 g/mol. The van der Waals surface area contributed by atoms with Gasteiger partial charge in [0.2, 0.25) is 11.0 Å². The monoisotopic (exact) mass is 361 g/mol. The number of benzene rings is 1. The molecule has 1 N–H and O–H groups in total. The van der Waals surface area contributed by atoms with Crippen molar-refractivity contribution >= 4 is 28.2 Å². The molecular weight excluding hydrogens is 342 g/mol. The highest BCUT2D eigenvalue weighted by atomic mass is 32.2. The van der Waals surface area contributed by atoms with Gasteiger partial charge in [-0.05, 0) is 18.4 Å². The van der Waals surface area contributed by atoms with Crippen molar-refractivity contribution in [3.05, 3.63) is 47.6 Å². The summed E-state index contributed by atoms with van der Waals surface area (Å²) in [6.07, 6.45) is 2.83. The highest BCUT2D eigenvalue weighted by Crippen LogP contribution is 2.27. The van der Waals surface area contributed by atoms with Gasteiger partial charge in [-0.3, -0.25) is 0 Å². The number of thioether (sulfide) groups is 1. The molecule has 0 atom stereocenters. The van der Waals surface area contributed by atoms with Crippen molar-refractivity contribution in [2.24, 2.45) is 0 Å². The summed E-state index contributed by atoms with van der Waals surface area (Å²) in [7, 11) is 0. The Bertz CT molecular complexity index is 744. The lowest BCUT2D eigenvalue weighted by atomic mass is 10.2. The average Bonchev–Trinajstić information content (AvgIpc) is 3.24. The van der Waals surface area contributed by atoms with Crippen molar-refractivity contribution in [3.63, 3.8) is 0 Å². The zero-order valence-electron chi connectivity index (χ0n) is 13.4. The van der Waals surface area contributed by atoms with Gasteiger partial charge in [0.05, 0.1) is 5.75 Å². The fraction of sp³-hybridized carbons (Fsp3) is 0.375. The van der Waals surface area contributed by atoms with E-state index in [1.54, 1.807) is 23.1 Å². The summed E-state index contributed by atoms with van der Waals surface area (Å²) in [6, 6.07) is 10.4. The Balaban J connectivity index is 1.43. The third kappa shape index (κ3) is 5.04. The second-order valence-electron chi connectivity index (χ2n) is 5.18. The molecule has 0 radical (unpaired) electrons. The van der Waals surface area contributed by atoms with Crippen molar-refractivity contribution in [2.75, 3.05) is 11.9 Å². The van der Waals surface area contributed by atoms with Gasteiger partial charge in [-0.15, -0.1) is 10.2 Å². The topological polar surface area (TPSA) is 76.7 Å². The van der Waals surface area contributed by atoms with Gasteiger partial charge < -0.3 is 9.84 Å². The molecule has 0 aliphatic rings. The van der Waals surface area contributed by atoms with Gasteiger partial charge in [-0.1, -0.05) is 65.5 Å². The first-order valence-corrected chi connectivity index (χ1v) is 9.69. The summed E-state index contributed by atoms with van der Waals surface area (Å²) in [6.45, 7) is 2.94. The zero-order chi connectivity index (χ0) is 16.6. The summed E-state index contributed by atoms with van der Waals surface area (Å²) >= 11 is 3.11. The number of anilines is 1. The molecule has 0 aliphatic heterocycles. The molecule has 0 unspecified atom stereocenters. The SMILES string of the molecule is CCCc1noc(CSc2nnc(NCCc3ccccc3)s2)n1. The highest BCUT2D eigenvalue weighted by molar-refractivity contribution is 8.00. The number of nitrogens with zero attached hydrogens (tertiary/aromatic N) is 4. The van der Waals surface area contributed by atoms with Gasteiger partial charge in [-0.2, -0.15) is 4.98 Å². The van der Waals surface area contributed by atoms with Crippen molar-refractivity contribution in [2.45, 2.75) is 36.3 Å². The zero-order valence-corrected chi connectivity index (χ0v) is 15.1. The molecule has 0 bridgehead atoms. The van der Waals surface area contributed by atoms with Crippen LogP contribution in [0.2, 0.25) is 0 Å². The maximum absolute atomic E-state index is 5.22. The molecule has 0 saturated carbocycles. The van der Waals surface area contributed by atoms with E-state index in [4.69, 9.17) is 4.52 Å². The normalized spacial score (nSPS) is 10.9. The number of aromatic nitrogens is 4. The quantitative estimate of drug-likeness (QED) is 0.581. The Morgan fingerprint density at radius 2 is 2.04 bits per heavy atom. The molecule has 2 aromatic heterocycles.